The lowest BCUT2D eigenvalue weighted by Gasteiger charge is -2.38. The van der Waals surface area contributed by atoms with Crippen molar-refractivity contribution in [3.63, 3.8) is 0 Å². The summed E-state index contributed by atoms with van der Waals surface area (Å²) in [5, 5.41) is 13.8. The second-order valence-electron chi connectivity index (χ2n) is 4.34. The first-order valence-electron chi connectivity index (χ1n) is 5.27. The first-order valence-corrected chi connectivity index (χ1v) is 6.47. The summed E-state index contributed by atoms with van der Waals surface area (Å²) in [6, 6.07) is 3.91. The molecule has 1 fully saturated rings. The van der Waals surface area contributed by atoms with Crippen LogP contribution in [0.5, 0.6) is 0 Å². The number of nitrogens with one attached hydrogen (secondary N) is 1. The summed E-state index contributed by atoms with van der Waals surface area (Å²) in [5.41, 5.74) is -0.556. The molecule has 2 nitrogen and oxygen atoms in total. The molecule has 0 spiro atoms. The van der Waals surface area contributed by atoms with Crippen molar-refractivity contribution in [3.8, 4) is 0 Å². The van der Waals surface area contributed by atoms with Crippen LogP contribution in [0.4, 0.5) is 0 Å². The van der Waals surface area contributed by atoms with Gasteiger partial charge in [0.15, 0.2) is 0 Å². The Kier molecular flexibility index (Phi) is 3.36. The lowest BCUT2D eigenvalue weighted by atomic mass is 9.80. The zero-order valence-electron chi connectivity index (χ0n) is 8.79. The van der Waals surface area contributed by atoms with Gasteiger partial charge in [0, 0.05) is 17.8 Å². The van der Waals surface area contributed by atoms with E-state index >= 15 is 0 Å². The molecule has 1 aromatic heterocycles. The van der Waals surface area contributed by atoms with Gasteiger partial charge in [0.25, 0.3) is 0 Å². The van der Waals surface area contributed by atoms with Crippen LogP contribution in [0, 0.1) is 5.92 Å². The van der Waals surface area contributed by atoms with Crippen molar-refractivity contribution in [3.05, 3.63) is 21.3 Å². The lowest BCUT2D eigenvalue weighted by Crippen LogP contribution is -2.50. The molecule has 4 heteroatoms. The number of hydrogen-bond donors (Lipinski definition) is 2. The lowest BCUT2D eigenvalue weighted by molar-refractivity contribution is -0.0323. The maximum atomic E-state index is 10.5. The summed E-state index contributed by atoms with van der Waals surface area (Å²) in [6.45, 7) is 3.90. The first kappa shape index (κ1) is 11.4. The van der Waals surface area contributed by atoms with Crippen molar-refractivity contribution in [1.29, 1.82) is 0 Å². The van der Waals surface area contributed by atoms with Crippen LogP contribution in [0.2, 0.25) is 4.34 Å². The van der Waals surface area contributed by atoms with Crippen molar-refractivity contribution in [2.75, 3.05) is 13.1 Å². The van der Waals surface area contributed by atoms with Crippen LogP contribution in [0.3, 0.4) is 0 Å². The number of piperidine rings is 1. The Bertz CT molecular complexity index is 341. The van der Waals surface area contributed by atoms with Crippen LogP contribution in [0.15, 0.2) is 12.1 Å². The third-order valence-corrected chi connectivity index (χ3v) is 4.44. The molecule has 2 heterocycles. The standard InChI is InChI=1S/C11H16ClNOS/c1-8-7-13-5-4-11(8,14)6-9-2-3-10(12)15-9/h2-3,8,13-14H,4-7H2,1H3. The van der Waals surface area contributed by atoms with Gasteiger partial charge in [-0.2, -0.15) is 0 Å². The SMILES string of the molecule is CC1CNCCC1(O)Cc1ccc(Cl)s1. The van der Waals surface area contributed by atoms with Gasteiger partial charge >= 0.3 is 0 Å². The van der Waals surface area contributed by atoms with Crippen molar-refractivity contribution in [2.24, 2.45) is 5.92 Å². The van der Waals surface area contributed by atoms with Gasteiger partial charge in [-0.25, -0.2) is 0 Å². The molecule has 0 radical (unpaired) electrons. The molecular formula is C11H16ClNOS. The minimum Gasteiger partial charge on any atom is -0.389 e. The molecule has 1 saturated heterocycles. The zero-order chi connectivity index (χ0) is 10.9. The number of hydrogen-bond acceptors (Lipinski definition) is 3. The Hall–Kier alpha value is -0.0900. The number of thiophene rings is 1. The fourth-order valence-electron chi connectivity index (χ4n) is 2.07. The largest absolute Gasteiger partial charge is 0.389 e. The van der Waals surface area contributed by atoms with E-state index in [9.17, 15) is 5.11 Å². The molecule has 15 heavy (non-hydrogen) atoms. The minimum atomic E-state index is -0.556. The minimum absolute atomic E-state index is 0.298. The molecule has 2 rings (SSSR count). The summed E-state index contributed by atoms with van der Waals surface area (Å²) >= 11 is 7.45. The van der Waals surface area contributed by atoms with E-state index in [1.165, 1.54) is 4.88 Å². The predicted octanol–water partition coefficient (Wildman–Crippen LogP) is 2.30. The molecule has 1 aromatic rings. The highest BCUT2D eigenvalue weighted by Gasteiger charge is 2.36. The summed E-state index contributed by atoms with van der Waals surface area (Å²) in [4.78, 5) is 1.18. The van der Waals surface area contributed by atoms with Gasteiger partial charge in [0.05, 0.1) is 9.94 Å². The molecule has 1 aliphatic heterocycles. The maximum absolute atomic E-state index is 10.5. The van der Waals surface area contributed by atoms with Crippen molar-refractivity contribution in [1.82, 2.24) is 5.32 Å². The molecule has 0 bridgehead atoms. The van der Waals surface area contributed by atoms with Crippen LogP contribution in [-0.4, -0.2) is 23.8 Å². The molecule has 2 N–H and O–H groups in total. The van der Waals surface area contributed by atoms with Crippen LogP contribution in [0.25, 0.3) is 0 Å². The van der Waals surface area contributed by atoms with E-state index < -0.39 is 5.60 Å². The average Bonchev–Trinajstić information content (AvgIpc) is 2.57. The Labute approximate surface area is 99.3 Å². The second kappa shape index (κ2) is 4.42. The summed E-state index contributed by atoms with van der Waals surface area (Å²) in [6.07, 6.45) is 1.55. The molecule has 1 aliphatic rings. The molecule has 0 saturated carbocycles. The van der Waals surface area contributed by atoms with Gasteiger partial charge in [-0.3, -0.25) is 0 Å². The van der Waals surface area contributed by atoms with Crippen molar-refractivity contribution in [2.45, 2.75) is 25.4 Å². The molecular weight excluding hydrogens is 230 g/mol. The van der Waals surface area contributed by atoms with E-state index in [0.717, 1.165) is 30.3 Å². The van der Waals surface area contributed by atoms with Gasteiger partial charge < -0.3 is 10.4 Å². The predicted molar refractivity (Wildman–Crippen MR) is 64.6 cm³/mol. The summed E-state index contributed by atoms with van der Waals surface area (Å²) in [7, 11) is 0. The van der Waals surface area contributed by atoms with Crippen molar-refractivity contribution >= 4 is 22.9 Å². The molecule has 0 aliphatic carbocycles. The van der Waals surface area contributed by atoms with Crippen LogP contribution >= 0.6 is 22.9 Å². The van der Waals surface area contributed by atoms with Gasteiger partial charge in [0.1, 0.15) is 0 Å². The van der Waals surface area contributed by atoms with Gasteiger partial charge in [-0.1, -0.05) is 18.5 Å². The number of aliphatic hydroxyl groups is 1. The van der Waals surface area contributed by atoms with E-state index in [0.29, 0.717) is 5.92 Å². The highest BCUT2D eigenvalue weighted by atomic mass is 35.5. The Morgan fingerprint density at radius 2 is 2.47 bits per heavy atom. The van der Waals surface area contributed by atoms with E-state index in [2.05, 4.69) is 12.2 Å². The Balaban J connectivity index is 2.08. The Morgan fingerprint density at radius 3 is 3.07 bits per heavy atom. The zero-order valence-corrected chi connectivity index (χ0v) is 10.4. The maximum Gasteiger partial charge on any atom is 0.0931 e. The first-order chi connectivity index (χ1) is 7.10. The van der Waals surface area contributed by atoms with Crippen LogP contribution in [0.1, 0.15) is 18.2 Å². The quantitative estimate of drug-likeness (QED) is 0.838. The third kappa shape index (κ3) is 2.53. The topological polar surface area (TPSA) is 32.3 Å². The second-order valence-corrected chi connectivity index (χ2v) is 6.14. The van der Waals surface area contributed by atoms with Gasteiger partial charge in [0.2, 0.25) is 0 Å². The summed E-state index contributed by atoms with van der Waals surface area (Å²) < 4.78 is 0.801. The van der Waals surface area contributed by atoms with E-state index in [4.69, 9.17) is 11.6 Å². The highest BCUT2D eigenvalue weighted by Crippen LogP contribution is 2.32. The van der Waals surface area contributed by atoms with E-state index in [-0.39, 0.29) is 0 Å². The van der Waals surface area contributed by atoms with Crippen LogP contribution < -0.4 is 5.32 Å². The van der Waals surface area contributed by atoms with Gasteiger partial charge in [-0.15, -0.1) is 11.3 Å². The van der Waals surface area contributed by atoms with E-state index in [1.54, 1.807) is 11.3 Å². The molecule has 2 unspecified atom stereocenters. The molecule has 84 valence electrons. The molecule has 0 aromatic carbocycles. The summed E-state index contributed by atoms with van der Waals surface area (Å²) in [5.74, 6) is 0.298. The van der Waals surface area contributed by atoms with Crippen LogP contribution in [-0.2, 0) is 6.42 Å². The third-order valence-electron chi connectivity index (χ3n) is 3.21. The molecule has 2 atom stereocenters. The van der Waals surface area contributed by atoms with Gasteiger partial charge in [-0.05, 0) is 31.0 Å². The smallest absolute Gasteiger partial charge is 0.0931 e. The Morgan fingerprint density at radius 1 is 1.67 bits per heavy atom. The highest BCUT2D eigenvalue weighted by molar-refractivity contribution is 7.16. The average molecular weight is 246 g/mol. The monoisotopic (exact) mass is 245 g/mol. The molecule has 0 amide bonds. The van der Waals surface area contributed by atoms with Crippen molar-refractivity contribution < 1.29 is 5.11 Å². The fourth-order valence-corrected chi connectivity index (χ4v) is 3.28. The normalized spacial score (nSPS) is 31.8. The van der Waals surface area contributed by atoms with E-state index in [1.807, 2.05) is 12.1 Å². The number of halogens is 1. The fraction of sp³-hybridized carbons (Fsp3) is 0.636. The number of rotatable bonds is 2.